The molecule has 0 aromatic carbocycles. The van der Waals surface area contributed by atoms with Crippen LogP contribution in [0.25, 0.3) is 0 Å². The molecule has 0 aromatic heterocycles. The molecule has 4 nitrogen and oxygen atoms in total. The van der Waals surface area contributed by atoms with Gasteiger partial charge < -0.3 is 10.2 Å². The monoisotopic (exact) mass is 127 g/mol. The van der Waals surface area contributed by atoms with E-state index in [1.54, 1.807) is 0 Å². The number of carbonyl (C=O) groups excluding carboxylic acids is 1. The minimum atomic E-state index is -0.593. The Kier molecular flexibility index (Phi) is 1.22. The third kappa shape index (κ3) is 0.910. The van der Waals surface area contributed by atoms with Crippen LogP contribution in [0.3, 0.4) is 0 Å². The summed E-state index contributed by atoms with van der Waals surface area (Å²) in [5, 5.41) is 17.2. The highest BCUT2D eigenvalue weighted by molar-refractivity contribution is 6.02. The number of hydrogen-bond acceptors (Lipinski definition) is 4. The van der Waals surface area contributed by atoms with E-state index in [2.05, 4.69) is 4.99 Å². The van der Waals surface area contributed by atoms with Gasteiger partial charge in [0, 0.05) is 0 Å². The van der Waals surface area contributed by atoms with Gasteiger partial charge in [0.15, 0.2) is 5.76 Å². The largest absolute Gasteiger partial charge is 0.503 e. The van der Waals surface area contributed by atoms with Crippen LogP contribution in [0.15, 0.2) is 16.5 Å². The van der Waals surface area contributed by atoms with Gasteiger partial charge in [-0.15, -0.1) is 0 Å². The van der Waals surface area contributed by atoms with E-state index in [1.807, 2.05) is 0 Å². The first-order valence-corrected chi connectivity index (χ1v) is 2.37. The zero-order valence-electron chi connectivity index (χ0n) is 4.53. The predicted octanol–water partition coefficient (Wildman–Crippen LogP) is -0.0325. The molecular formula is C5H5NO3. The molecule has 4 heteroatoms. The van der Waals surface area contributed by atoms with Gasteiger partial charge in [0.1, 0.15) is 6.54 Å². The predicted molar refractivity (Wildman–Crippen MR) is 30.6 cm³/mol. The number of hydrogen-bond donors (Lipinski definition) is 2. The van der Waals surface area contributed by atoms with Gasteiger partial charge in [-0.2, -0.15) is 0 Å². The molecule has 9 heavy (non-hydrogen) atoms. The minimum Gasteiger partial charge on any atom is -0.503 e. The fourth-order valence-electron chi connectivity index (χ4n) is 0.494. The Morgan fingerprint density at radius 3 is 2.67 bits per heavy atom. The second-order valence-electron chi connectivity index (χ2n) is 1.63. The van der Waals surface area contributed by atoms with Crippen LogP contribution in [0, 0.1) is 0 Å². The molecule has 0 unspecified atom stereocenters. The third-order valence-electron chi connectivity index (χ3n) is 0.955. The van der Waals surface area contributed by atoms with Gasteiger partial charge in [0.2, 0.25) is 11.5 Å². The van der Waals surface area contributed by atoms with E-state index >= 15 is 0 Å². The smallest absolute Gasteiger partial charge is 0.222 e. The third-order valence-corrected chi connectivity index (χ3v) is 0.955. The Balaban J connectivity index is 2.97. The van der Waals surface area contributed by atoms with Crippen molar-refractivity contribution in [3.63, 3.8) is 0 Å². The van der Waals surface area contributed by atoms with Gasteiger partial charge in [-0.1, -0.05) is 0 Å². The van der Waals surface area contributed by atoms with Gasteiger partial charge in [-0.3, -0.25) is 9.79 Å². The standard InChI is InChI=1S/C5H5NO3/c7-3-1-6-2-4(8)5(3)9/h1,7,9H,2H2. The van der Waals surface area contributed by atoms with Crippen LogP contribution in [0.2, 0.25) is 0 Å². The van der Waals surface area contributed by atoms with Gasteiger partial charge >= 0.3 is 0 Å². The van der Waals surface area contributed by atoms with Gasteiger partial charge in [-0.25, -0.2) is 0 Å². The molecule has 48 valence electrons. The van der Waals surface area contributed by atoms with E-state index in [4.69, 9.17) is 10.2 Å². The maximum absolute atomic E-state index is 10.4. The van der Waals surface area contributed by atoms with Crippen molar-refractivity contribution in [1.82, 2.24) is 0 Å². The Labute approximate surface area is 51.1 Å². The average Bonchev–Trinajstić information content (AvgIpc) is 1.83. The summed E-state index contributed by atoms with van der Waals surface area (Å²) in [6, 6.07) is 0. The SMILES string of the molecule is O=C1CN=CC(O)=C1O. The first-order chi connectivity index (χ1) is 4.22. The topological polar surface area (TPSA) is 69.9 Å². The van der Waals surface area contributed by atoms with Crippen molar-refractivity contribution in [2.24, 2.45) is 4.99 Å². The quantitative estimate of drug-likeness (QED) is 0.480. The number of aliphatic hydroxyl groups excluding tert-OH is 2. The lowest BCUT2D eigenvalue weighted by Crippen LogP contribution is -2.13. The van der Waals surface area contributed by atoms with Crippen LogP contribution < -0.4 is 0 Å². The fraction of sp³-hybridized carbons (Fsp3) is 0.200. The summed E-state index contributed by atoms with van der Waals surface area (Å²) in [5.41, 5.74) is 0. The number of allylic oxidation sites excluding steroid dienone is 1. The van der Waals surface area contributed by atoms with Crippen LogP contribution in [0.4, 0.5) is 0 Å². The zero-order chi connectivity index (χ0) is 6.85. The van der Waals surface area contributed by atoms with Crippen LogP contribution in [-0.4, -0.2) is 28.8 Å². The highest BCUT2D eigenvalue weighted by atomic mass is 16.3. The lowest BCUT2D eigenvalue weighted by atomic mass is 10.2. The second kappa shape index (κ2) is 1.89. The second-order valence-corrected chi connectivity index (χ2v) is 1.63. The van der Waals surface area contributed by atoms with Crippen LogP contribution in [0.1, 0.15) is 0 Å². The van der Waals surface area contributed by atoms with Crippen molar-refractivity contribution in [2.45, 2.75) is 0 Å². The normalized spacial score (nSPS) is 18.9. The summed E-state index contributed by atoms with van der Waals surface area (Å²) >= 11 is 0. The first kappa shape index (κ1) is 5.81. The van der Waals surface area contributed by atoms with Gasteiger partial charge in [0.25, 0.3) is 0 Å². The number of aliphatic imine (C=N–C) groups is 1. The number of ketones is 1. The molecule has 1 rings (SSSR count). The number of aliphatic hydroxyl groups is 2. The highest BCUT2D eigenvalue weighted by Crippen LogP contribution is 2.01. The van der Waals surface area contributed by atoms with Gasteiger partial charge in [0.05, 0.1) is 6.21 Å². The summed E-state index contributed by atoms with van der Waals surface area (Å²) in [6.45, 7) is -0.0735. The first-order valence-electron chi connectivity index (χ1n) is 2.37. The summed E-state index contributed by atoms with van der Waals surface area (Å²) in [4.78, 5) is 13.9. The van der Waals surface area contributed by atoms with E-state index < -0.39 is 17.3 Å². The molecule has 0 aromatic rings. The van der Waals surface area contributed by atoms with E-state index in [1.165, 1.54) is 0 Å². The molecule has 0 atom stereocenters. The average molecular weight is 127 g/mol. The zero-order valence-corrected chi connectivity index (χ0v) is 4.53. The van der Waals surface area contributed by atoms with E-state index in [0.29, 0.717) is 0 Å². The van der Waals surface area contributed by atoms with Gasteiger partial charge in [-0.05, 0) is 0 Å². The Morgan fingerprint density at radius 2 is 2.22 bits per heavy atom. The molecule has 0 fully saturated rings. The summed E-state index contributed by atoms with van der Waals surface area (Å²) in [5.74, 6) is -1.59. The van der Waals surface area contributed by atoms with Crippen molar-refractivity contribution in [3.8, 4) is 0 Å². The van der Waals surface area contributed by atoms with Crippen molar-refractivity contribution < 1.29 is 15.0 Å². The molecular weight excluding hydrogens is 122 g/mol. The maximum atomic E-state index is 10.4. The molecule has 1 aliphatic heterocycles. The Morgan fingerprint density at radius 1 is 1.56 bits per heavy atom. The molecule has 0 aliphatic carbocycles. The van der Waals surface area contributed by atoms with Crippen molar-refractivity contribution in [3.05, 3.63) is 11.5 Å². The lowest BCUT2D eigenvalue weighted by Gasteiger charge is -2.01. The molecule has 0 spiro atoms. The summed E-state index contributed by atoms with van der Waals surface area (Å²) in [7, 11) is 0. The maximum Gasteiger partial charge on any atom is 0.222 e. The Bertz CT molecular complexity index is 204. The van der Waals surface area contributed by atoms with Crippen LogP contribution >= 0.6 is 0 Å². The number of Topliss-reactive ketones (excluding diaryl/α,β-unsaturated/α-hetero) is 1. The van der Waals surface area contributed by atoms with Crippen molar-refractivity contribution in [1.29, 1.82) is 0 Å². The number of rotatable bonds is 0. The molecule has 1 aliphatic rings. The molecule has 0 saturated carbocycles. The lowest BCUT2D eigenvalue weighted by molar-refractivity contribution is -0.117. The number of carbonyl (C=O) groups is 1. The van der Waals surface area contributed by atoms with E-state index in [9.17, 15) is 4.79 Å². The number of dihydropyridines is 1. The number of nitrogens with zero attached hydrogens (tertiary/aromatic N) is 1. The van der Waals surface area contributed by atoms with Crippen molar-refractivity contribution >= 4 is 12.0 Å². The fourth-order valence-corrected chi connectivity index (χ4v) is 0.494. The van der Waals surface area contributed by atoms with Crippen LogP contribution in [-0.2, 0) is 4.79 Å². The van der Waals surface area contributed by atoms with E-state index in [-0.39, 0.29) is 6.54 Å². The molecule has 0 bridgehead atoms. The molecule has 1 heterocycles. The molecule has 0 amide bonds. The Hall–Kier alpha value is -1.32. The van der Waals surface area contributed by atoms with Crippen molar-refractivity contribution in [2.75, 3.05) is 6.54 Å². The highest BCUT2D eigenvalue weighted by Gasteiger charge is 2.14. The van der Waals surface area contributed by atoms with Crippen LogP contribution in [0.5, 0.6) is 0 Å². The summed E-state index contributed by atoms with van der Waals surface area (Å²) < 4.78 is 0. The molecule has 0 radical (unpaired) electrons. The molecule has 2 N–H and O–H groups in total. The minimum absolute atomic E-state index is 0.0735. The molecule has 0 saturated heterocycles. The van der Waals surface area contributed by atoms with E-state index in [0.717, 1.165) is 6.21 Å². The summed E-state index contributed by atoms with van der Waals surface area (Å²) in [6.07, 6.45) is 1.05.